The van der Waals surface area contributed by atoms with Gasteiger partial charge in [0.15, 0.2) is 5.15 Å². The van der Waals surface area contributed by atoms with Crippen LogP contribution in [0.3, 0.4) is 0 Å². The number of benzene rings is 1. The van der Waals surface area contributed by atoms with E-state index in [4.69, 9.17) is 28.9 Å². The van der Waals surface area contributed by atoms with Gasteiger partial charge in [-0.2, -0.15) is 0 Å². The summed E-state index contributed by atoms with van der Waals surface area (Å²) in [4.78, 5) is 26.0. The maximum atomic E-state index is 11.9. The lowest BCUT2D eigenvalue weighted by Crippen LogP contribution is -2.24. The SMILES string of the molecule is Nc1c(Cl)ncn(Cc2c(Cl)cccc2[N+](=O)[O-])c1=O. The van der Waals surface area contributed by atoms with Crippen LogP contribution >= 0.6 is 23.2 Å². The van der Waals surface area contributed by atoms with E-state index in [0.717, 1.165) is 10.9 Å². The zero-order valence-electron chi connectivity index (χ0n) is 9.92. The highest BCUT2D eigenvalue weighted by Gasteiger charge is 2.18. The van der Waals surface area contributed by atoms with Gasteiger partial charge in [0.1, 0.15) is 5.69 Å². The number of hydrogen-bond donors (Lipinski definition) is 1. The average molecular weight is 315 g/mol. The molecule has 0 aliphatic carbocycles. The molecule has 0 unspecified atom stereocenters. The molecule has 0 radical (unpaired) electrons. The summed E-state index contributed by atoms with van der Waals surface area (Å²) in [6.45, 7) is -0.122. The monoisotopic (exact) mass is 314 g/mol. The Balaban J connectivity index is 2.54. The topological polar surface area (TPSA) is 104 Å². The van der Waals surface area contributed by atoms with Crippen LogP contribution in [0.1, 0.15) is 5.56 Å². The minimum Gasteiger partial charge on any atom is -0.392 e. The Morgan fingerprint density at radius 1 is 1.40 bits per heavy atom. The summed E-state index contributed by atoms with van der Waals surface area (Å²) >= 11 is 11.6. The van der Waals surface area contributed by atoms with Gasteiger partial charge in [-0.25, -0.2) is 4.98 Å². The molecule has 0 aliphatic heterocycles. The fourth-order valence-electron chi connectivity index (χ4n) is 1.64. The Hall–Kier alpha value is -2.12. The second-order valence-corrected chi connectivity index (χ2v) is 4.64. The molecule has 2 rings (SSSR count). The molecule has 1 aromatic carbocycles. The highest BCUT2D eigenvalue weighted by molar-refractivity contribution is 6.32. The maximum absolute atomic E-state index is 11.9. The Labute approximate surface area is 122 Å². The summed E-state index contributed by atoms with van der Waals surface area (Å²) in [5, 5.41) is 11.0. The number of aromatic nitrogens is 2. The molecule has 1 aromatic heterocycles. The molecule has 0 amide bonds. The zero-order valence-corrected chi connectivity index (χ0v) is 11.4. The number of nitrogens with zero attached hydrogens (tertiary/aromatic N) is 3. The van der Waals surface area contributed by atoms with E-state index in [9.17, 15) is 14.9 Å². The lowest BCUT2D eigenvalue weighted by Gasteiger charge is -2.08. The standard InChI is InChI=1S/C11H8Cl2N4O3/c12-7-2-1-3-8(17(19)20)6(7)4-16-5-15-10(13)9(14)11(16)18/h1-3,5H,4,14H2. The van der Waals surface area contributed by atoms with Gasteiger partial charge in [0.05, 0.1) is 28.4 Å². The molecule has 0 aliphatic rings. The molecule has 0 spiro atoms. The van der Waals surface area contributed by atoms with Gasteiger partial charge < -0.3 is 5.73 Å². The predicted octanol–water partition coefficient (Wildman–Crippen LogP) is 2.09. The second kappa shape index (κ2) is 5.48. The number of rotatable bonds is 3. The summed E-state index contributed by atoms with van der Waals surface area (Å²) in [6.07, 6.45) is 1.16. The molecule has 0 bridgehead atoms. The molecular weight excluding hydrogens is 307 g/mol. The number of nitrogen functional groups attached to an aromatic ring is 1. The van der Waals surface area contributed by atoms with E-state index in [1.54, 1.807) is 0 Å². The number of anilines is 1. The molecule has 20 heavy (non-hydrogen) atoms. The molecule has 0 saturated heterocycles. The lowest BCUT2D eigenvalue weighted by atomic mass is 10.2. The van der Waals surface area contributed by atoms with Gasteiger partial charge in [0.25, 0.3) is 11.2 Å². The third-order valence-corrected chi connectivity index (χ3v) is 3.30. The largest absolute Gasteiger partial charge is 0.392 e. The van der Waals surface area contributed by atoms with Crippen molar-refractivity contribution in [3.63, 3.8) is 0 Å². The summed E-state index contributed by atoms with van der Waals surface area (Å²) in [5.74, 6) is 0. The fraction of sp³-hybridized carbons (Fsp3) is 0.0909. The average Bonchev–Trinajstić information content (AvgIpc) is 2.41. The van der Waals surface area contributed by atoms with Crippen LogP contribution in [-0.4, -0.2) is 14.5 Å². The minimum absolute atomic E-state index is 0.111. The first kappa shape index (κ1) is 14.3. The fourth-order valence-corrected chi connectivity index (χ4v) is 2.00. The van der Waals surface area contributed by atoms with Crippen LogP contribution < -0.4 is 11.3 Å². The van der Waals surface area contributed by atoms with Crippen molar-refractivity contribution in [3.8, 4) is 0 Å². The van der Waals surface area contributed by atoms with Gasteiger partial charge in [-0.15, -0.1) is 0 Å². The molecule has 2 aromatic rings. The van der Waals surface area contributed by atoms with Crippen LogP contribution in [-0.2, 0) is 6.54 Å². The smallest absolute Gasteiger partial charge is 0.278 e. The molecular formula is C11H8Cl2N4O3. The zero-order chi connectivity index (χ0) is 14.9. The van der Waals surface area contributed by atoms with Gasteiger partial charge in [0.2, 0.25) is 0 Å². The predicted molar refractivity (Wildman–Crippen MR) is 75.1 cm³/mol. The van der Waals surface area contributed by atoms with E-state index in [2.05, 4.69) is 4.98 Å². The summed E-state index contributed by atoms with van der Waals surface area (Å²) in [7, 11) is 0. The molecule has 7 nitrogen and oxygen atoms in total. The maximum Gasteiger partial charge on any atom is 0.278 e. The van der Waals surface area contributed by atoms with E-state index >= 15 is 0 Å². The van der Waals surface area contributed by atoms with Gasteiger partial charge in [0, 0.05) is 6.07 Å². The van der Waals surface area contributed by atoms with Crippen molar-refractivity contribution in [2.45, 2.75) is 6.54 Å². The summed E-state index contributed by atoms with van der Waals surface area (Å²) in [6, 6.07) is 4.27. The quantitative estimate of drug-likeness (QED) is 0.530. The van der Waals surface area contributed by atoms with Gasteiger partial charge in [-0.3, -0.25) is 19.5 Å². The third kappa shape index (κ3) is 2.59. The first-order chi connectivity index (χ1) is 9.41. The highest BCUT2D eigenvalue weighted by Crippen LogP contribution is 2.26. The summed E-state index contributed by atoms with van der Waals surface area (Å²) in [5.41, 5.74) is 4.69. The van der Waals surface area contributed by atoms with Crippen LogP contribution in [0.25, 0.3) is 0 Å². The van der Waals surface area contributed by atoms with Crippen molar-refractivity contribution in [1.82, 2.24) is 9.55 Å². The van der Waals surface area contributed by atoms with E-state index in [0.29, 0.717) is 0 Å². The Kier molecular flexibility index (Phi) is 3.91. The van der Waals surface area contributed by atoms with Crippen molar-refractivity contribution in [2.75, 3.05) is 5.73 Å². The second-order valence-electron chi connectivity index (χ2n) is 3.88. The molecule has 0 fully saturated rings. The number of hydrogen-bond acceptors (Lipinski definition) is 5. The van der Waals surface area contributed by atoms with Crippen LogP contribution in [0.2, 0.25) is 10.2 Å². The number of halogens is 2. The first-order valence-corrected chi connectivity index (χ1v) is 6.09. The van der Waals surface area contributed by atoms with Gasteiger partial charge >= 0.3 is 0 Å². The van der Waals surface area contributed by atoms with Crippen LogP contribution in [0.5, 0.6) is 0 Å². The van der Waals surface area contributed by atoms with E-state index in [-0.39, 0.29) is 33.7 Å². The van der Waals surface area contributed by atoms with Crippen molar-refractivity contribution in [2.24, 2.45) is 0 Å². The molecule has 2 N–H and O–H groups in total. The lowest BCUT2D eigenvalue weighted by molar-refractivity contribution is -0.385. The molecule has 1 heterocycles. The van der Waals surface area contributed by atoms with Crippen LogP contribution in [0, 0.1) is 10.1 Å². The molecule has 9 heteroatoms. The summed E-state index contributed by atoms with van der Waals surface area (Å²) < 4.78 is 1.11. The highest BCUT2D eigenvalue weighted by atomic mass is 35.5. The minimum atomic E-state index is -0.584. The van der Waals surface area contributed by atoms with Gasteiger partial charge in [-0.1, -0.05) is 29.3 Å². The number of nitro benzene ring substituents is 1. The van der Waals surface area contributed by atoms with E-state index in [1.807, 2.05) is 0 Å². The Morgan fingerprint density at radius 3 is 2.75 bits per heavy atom. The number of nitrogens with two attached hydrogens (primary N) is 1. The third-order valence-electron chi connectivity index (χ3n) is 2.64. The first-order valence-electron chi connectivity index (χ1n) is 5.34. The van der Waals surface area contributed by atoms with Gasteiger partial charge in [-0.05, 0) is 6.07 Å². The Morgan fingerprint density at radius 2 is 2.10 bits per heavy atom. The molecule has 0 saturated carbocycles. The van der Waals surface area contributed by atoms with E-state index in [1.165, 1.54) is 18.2 Å². The van der Waals surface area contributed by atoms with Crippen molar-refractivity contribution in [1.29, 1.82) is 0 Å². The molecule has 0 atom stereocenters. The van der Waals surface area contributed by atoms with Crippen LogP contribution in [0.4, 0.5) is 11.4 Å². The van der Waals surface area contributed by atoms with Crippen molar-refractivity contribution < 1.29 is 4.92 Å². The number of nitro groups is 1. The van der Waals surface area contributed by atoms with Crippen LogP contribution in [0.15, 0.2) is 29.3 Å². The molecule has 104 valence electrons. The Bertz CT molecular complexity index is 745. The van der Waals surface area contributed by atoms with E-state index < -0.39 is 10.5 Å². The van der Waals surface area contributed by atoms with Crippen molar-refractivity contribution >= 4 is 34.6 Å². The normalized spacial score (nSPS) is 10.5. The van der Waals surface area contributed by atoms with Crippen molar-refractivity contribution in [3.05, 3.63) is 60.7 Å².